The zero-order valence-corrected chi connectivity index (χ0v) is 12.6. The van der Waals surface area contributed by atoms with Crippen molar-refractivity contribution in [3.63, 3.8) is 0 Å². The Morgan fingerprint density at radius 1 is 1.20 bits per heavy atom. The van der Waals surface area contributed by atoms with E-state index in [0.717, 1.165) is 5.01 Å². The second-order valence-corrected chi connectivity index (χ2v) is 5.33. The van der Waals surface area contributed by atoms with Gasteiger partial charge in [-0.1, -0.05) is 0 Å². The van der Waals surface area contributed by atoms with Crippen LogP contribution in [0.1, 0.15) is 34.1 Å². The zero-order valence-electron chi connectivity index (χ0n) is 11.8. The number of aromatic nitrogens is 1. The zero-order chi connectivity index (χ0) is 14.5. The van der Waals surface area contributed by atoms with Gasteiger partial charge in [0.05, 0.1) is 23.1 Å². The van der Waals surface area contributed by atoms with Crippen molar-refractivity contribution in [1.82, 2.24) is 4.98 Å². The lowest BCUT2D eigenvalue weighted by molar-refractivity contribution is 0.104. The molecule has 0 amide bonds. The molecule has 0 aliphatic rings. The first-order valence-corrected chi connectivity index (χ1v) is 7.34. The molecule has 5 heteroatoms. The molecule has 1 aromatic heterocycles. The van der Waals surface area contributed by atoms with Crippen molar-refractivity contribution in [1.29, 1.82) is 0 Å². The van der Waals surface area contributed by atoms with Gasteiger partial charge in [-0.3, -0.25) is 4.79 Å². The van der Waals surface area contributed by atoms with Gasteiger partial charge >= 0.3 is 0 Å². The van der Waals surface area contributed by atoms with E-state index in [1.807, 2.05) is 20.8 Å². The minimum Gasteiger partial charge on any atom is -0.490 e. The first-order valence-electron chi connectivity index (χ1n) is 6.52. The summed E-state index contributed by atoms with van der Waals surface area (Å²) in [5, 5.41) is 0.879. The summed E-state index contributed by atoms with van der Waals surface area (Å²) in [6.45, 7) is 6.77. The predicted molar refractivity (Wildman–Crippen MR) is 79.1 cm³/mol. The number of rotatable bonds is 6. The molecule has 2 rings (SSSR count). The summed E-state index contributed by atoms with van der Waals surface area (Å²) in [5.74, 6) is 1.22. The Morgan fingerprint density at radius 2 is 1.90 bits per heavy atom. The van der Waals surface area contributed by atoms with Gasteiger partial charge in [-0.05, 0) is 39.0 Å². The smallest absolute Gasteiger partial charge is 0.204 e. The van der Waals surface area contributed by atoms with E-state index in [0.29, 0.717) is 35.2 Å². The Kier molecular flexibility index (Phi) is 4.74. The molecule has 0 atom stereocenters. The summed E-state index contributed by atoms with van der Waals surface area (Å²) in [6, 6.07) is 5.26. The van der Waals surface area contributed by atoms with Crippen LogP contribution < -0.4 is 9.47 Å². The van der Waals surface area contributed by atoms with Crippen LogP contribution in [0.3, 0.4) is 0 Å². The standard InChI is InChI=1S/C15H17NO3S/c1-4-18-12-7-6-11(8-13(12)19-5-2)15(17)14-9-16-10(3)20-14/h6-9H,4-5H2,1-3H3. The number of carbonyl (C=O) groups is 1. The Morgan fingerprint density at radius 3 is 2.50 bits per heavy atom. The molecule has 0 radical (unpaired) electrons. The van der Waals surface area contributed by atoms with E-state index in [9.17, 15) is 4.79 Å². The SMILES string of the molecule is CCOc1ccc(C(=O)c2cnc(C)s2)cc1OCC. The fourth-order valence-electron chi connectivity index (χ4n) is 1.80. The van der Waals surface area contributed by atoms with Crippen molar-refractivity contribution >= 4 is 17.1 Å². The number of thiazole rings is 1. The second-order valence-electron chi connectivity index (χ2n) is 4.10. The lowest BCUT2D eigenvalue weighted by Gasteiger charge is -2.11. The lowest BCUT2D eigenvalue weighted by Crippen LogP contribution is -2.03. The molecule has 1 aromatic carbocycles. The fraction of sp³-hybridized carbons (Fsp3) is 0.333. The minimum atomic E-state index is -0.0420. The Balaban J connectivity index is 2.32. The molecule has 1 heterocycles. The van der Waals surface area contributed by atoms with Gasteiger partial charge in [0, 0.05) is 11.8 Å². The number of hydrogen-bond donors (Lipinski definition) is 0. The summed E-state index contributed by atoms with van der Waals surface area (Å²) in [7, 11) is 0. The molecule has 2 aromatic rings. The first kappa shape index (κ1) is 14.5. The van der Waals surface area contributed by atoms with Crippen LogP contribution >= 0.6 is 11.3 Å². The highest BCUT2D eigenvalue weighted by molar-refractivity contribution is 7.13. The van der Waals surface area contributed by atoms with Gasteiger partial charge in [0.1, 0.15) is 0 Å². The molecule has 4 nitrogen and oxygen atoms in total. The summed E-state index contributed by atoms with van der Waals surface area (Å²) < 4.78 is 11.0. The Labute approximate surface area is 122 Å². The van der Waals surface area contributed by atoms with E-state index in [2.05, 4.69) is 4.98 Å². The third-order valence-corrected chi connectivity index (χ3v) is 3.56. The summed E-state index contributed by atoms with van der Waals surface area (Å²) in [6.07, 6.45) is 1.61. The van der Waals surface area contributed by atoms with Crippen LogP contribution in [0.4, 0.5) is 0 Å². The van der Waals surface area contributed by atoms with Crippen molar-refractivity contribution in [2.75, 3.05) is 13.2 Å². The minimum absolute atomic E-state index is 0.0420. The number of nitrogens with zero attached hydrogens (tertiary/aromatic N) is 1. The predicted octanol–water partition coefficient (Wildman–Crippen LogP) is 3.48. The normalized spacial score (nSPS) is 10.3. The average molecular weight is 291 g/mol. The molecule has 0 spiro atoms. The molecule has 0 unspecified atom stereocenters. The van der Waals surface area contributed by atoms with E-state index >= 15 is 0 Å². The van der Waals surface area contributed by atoms with Crippen LogP contribution in [0.25, 0.3) is 0 Å². The van der Waals surface area contributed by atoms with Gasteiger partial charge < -0.3 is 9.47 Å². The Bertz CT molecular complexity index is 607. The maximum absolute atomic E-state index is 12.4. The molecule has 0 saturated carbocycles. The number of hydrogen-bond acceptors (Lipinski definition) is 5. The topological polar surface area (TPSA) is 48.4 Å². The van der Waals surface area contributed by atoms with Crippen LogP contribution in [0.5, 0.6) is 11.5 Å². The number of ether oxygens (including phenoxy) is 2. The first-order chi connectivity index (χ1) is 9.65. The van der Waals surface area contributed by atoms with Crippen molar-refractivity contribution in [2.24, 2.45) is 0 Å². The van der Waals surface area contributed by atoms with Crippen LogP contribution in [0.2, 0.25) is 0 Å². The van der Waals surface area contributed by atoms with Crippen LogP contribution in [0, 0.1) is 6.92 Å². The quantitative estimate of drug-likeness (QED) is 0.765. The molecular weight excluding hydrogens is 274 g/mol. The molecule has 0 saturated heterocycles. The lowest BCUT2D eigenvalue weighted by atomic mass is 10.1. The van der Waals surface area contributed by atoms with Crippen LogP contribution in [-0.2, 0) is 0 Å². The third-order valence-electron chi connectivity index (χ3n) is 2.65. The highest BCUT2D eigenvalue weighted by atomic mass is 32.1. The van der Waals surface area contributed by atoms with Gasteiger partial charge in [-0.25, -0.2) is 4.98 Å². The van der Waals surface area contributed by atoms with Crippen molar-refractivity contribution < 1.29 is 14.3 Å². The van der Waals surface area contributed by atoms with Gasteiger partial charge in [0.2, 0.25) is 5.78 Å². The van der Waals surface area contributed by atoms with E-state index < -0.39 is 0 Å². The highest BCUT2D eigenvalue weighted by Crippen LogP contribution is 2.30. The van der Waals surface area contributed by atoms with Gasteiger partial charge in [0.25, 0.3) is 0 Å². The van der Waals surface area contributed by atoms with Crippen molar-refractivity contribution in [3.05, 3.63) is 39.8 Å². The summed E-state index contributed by atoms with van der Waals surface area (Å²) in [5.41, 5.74) is 0.584. The van der Waals surface area contributed by atoms with E-state index in [1.165, 1.54) is 11.3 Å². The number of benzene rings is 1. The van der Waals surface area contributed by atoms with E-state index in [1.54, 1.807) is 24.4 Å². The van der Waals surface area contributed by atoms with Crippen LogP contribution in [0.15, 0.2) is 24.4 Å². The van der Waals surface area contributed by atoms with Crippen molar-refractivity contribution in [2.45, 2.75) is 20.8 Å². The largest absolute Gasteiger partial charge is 0.490 e. The van der Waals surface area contributed by atoms with E-state index in [4.69, 9.17) is 9.47 Å². The fourth-order valence-corrected chi connectivity index (χ4v) is 2.54. The number of aryl methyl sites for hydroxylation is 1. The Hall–Kier alpha value is -1.88. The van der Waals surface area contributed by atoms with Crippen molar-refractivity contribution in [3.8, 4) is 11.5 Å². The second kappa shape index (κ2) is 6.52. The van der Waals surface area contributed by atoms with E-state index in [-0.39, 0.29) is 5.78 Å². The highest BCUT2D eigenvalue weighted by Gasteiger charge is 2.15. The third kappa shape index (κ3) is 3.17. The van der Waals surface area contributed by atoms with Gasteiger partial charge in [0.15, 0.2) is 11.5 Å². The number of carbonyl (C=O) groups excluding carboxylic acids is 1. The monoisotopic (exact) mass is 291 g/mol. The average Bonchev–Trinajstić information content (AvgIpc) is 2.87. The van der Waals surface area contributed by atoms with Crippen LogP contribution in [-0.4, -0.2) is 24.0 Å². The molecular formula is C15H17NO3S. The molecule has 0 N–H and O–H groups in total. The maximum atomic E-state index is 12.4. The summed E-state index contributed by atoms with van der Waals surface area (Å²) >= 11 is 1.39. The molecule has 0 aliphatic carbocycles. The molecule has 0 bridgehead atoms. The van der Waals surface area contributed by atoms with Gasteiger partial charge in [-0.15, -0.1) is 11.3 Å². The molecule has 20 heavy (non-hydrogen) atoms. The molecule has 0 aliphatic heterocycles. The molecule has 106 valence electrons. The maximum Gasteiger partial charge on any atom is 0.204 e. The summed E-state index contributed by atoms with van der Waals surface area (Å²) in [4.78, 5) is 17.1. The number of ketones is 1. The van der Waals surface area contributed by atoms with Gasteiger partial charge in [-0.2, -0.15) is 0 Å². The molecule has 0 fully saturated rings.